The third-order valence-electron chi connectivity index (χ3n) is 2.83. The predicted molar refractivity (Wildman–Crippen MR) is 71.9 cm³/mol. The standard InChI is InChI=1S/C15H17NO3/c1-2-15(18)14-8-7-13(9-16-14)19-12-5-3-11(10-17)4-6-12/h3-9,15,17-18H,2,10H2,1H3/t15-/m0/s1. The van der Waals surface area contributed by atoms with E-state index in [1.165, 1.54) is 0 Å². The fourth-order valence-corrected chi connectivity index (χ4v) is 1.66. The summed E-state index contributed by atoms with van der Waals surface area (Å²) in [5.74, 6) is 1.30. The van der Waals surface area contributed by atoms with Gasteiger partial charge < -0.3 is 14.9 Å². The molecule has 4 nitrogen and oxygen atoms in total. The molecule has 0 saturated heterocycles. The molecule has 0 amide bonds. The van der Waals surface area contributed by atoms with E-state index < -0.39 is 6.10 Å². The first-order valence-electron chi connectivity index (χ1n) is 6.24. The molecule has 4 heteroatoms. The lowest BCUT2D eigenvalue weighted by atomic mass is 10.2. The number of benzene rings is 1. The van der Waals surface area contributed by atoms with Crippen molar-refractivity contribution in [2.75, 3.05) is 0 Å². The first-order valence-corrected chi connectivity index (χ1v) is 6.24. The topological polar surface area (TPSA) is 62.6 Å². The van der Waals surface area contributed by atoms with Crippen molar-refractivity contribution in [1.29, 1.82) is 0 Å². The van der Waals surface area contributed by atoms with Gasteiger partial charge in [-0.15, -0.1) is 0 Å². The summed E-state index contributed by atoms with van der Waals surface area (Å²) in [6.07, 6.45) is 1.70. The van der Waals surface area contributed by atoms with Crippen LogP contribution in [0.25, 0.3) is 0 Å². The van der Waals surface area contributed by atoms with Crippen LogP contribution in [0.5, 0.6) is 11.5 Å². The highest BCUT2D eigenvalue weighted by Gasteiger charge is 2.06. The molecular weight excluding hydrogens is 242 g/mol. The molecule has 2 N–H and O–H groups in total. The number of ether oxygens (including phenoxy) is 1. The van der Waals surface area contributed by atoms with E-state index in [1.54, 1.807) is 42.6 Å². The Balaban J connectivity index is 2.06. The molecule has 0 saturated carbocycles. The Morgan fingerprint density at radius 2 is 1.79 bits per heavy atom. The van der Waals surface area contributed by atoms with Crippen molar-refractivity contribution in [1.82, 2.24) is 4.98 Å². The van der Waals surface area contributed by atoms with Crippen molar-refractivity contribution < 1.29 is 14.9 Å². The molecule has 0 aliphatic carbocycles. The van der Waals surface area contributed by atoms with Crippen LogP contribution in [0.4, 0.5) is 0 Å². The van der Waals surface area contributed by atoms with Crippen LogP contribution >= 0.6 is 0 Å². The van der Waals surface area contributed by atoms with E-state index in [1.807, 2.05) is 6.92 Å². The molecule has 0 bridgehead atoms. The first kappa shape index (κ1) is 13.5. The summed E-state index contributed by atoms with van der Waals surface area (Å²) in [5, 5.41) is 18.6. The fraction of sp³-hybridized carbons (Fsp3) is 0.267. The summed E-state index contributed by atoms with van der Waals surface area (Å²) >= 11 is 0. The maximum Gasteiger partial charge on any atom is 0.145 e. The summed E-state index contributed by atoms with van der Waals surface area (Å²) in [4.78, 5) is 4.16. The summed E-state index contributed by atoms with van der Waals surface area (Å²) in [6.45, 7) is 1.92. The molecule has 1 heterocycles. The molecule has 2 aromatic rings. The fourth-order valence-electron chi connectivity index (χ4n) is 1.66. The zero-order valence-electron chi connectivity index (χ0n) is 10.8. The van der Waals surface area contributed by atoms with Crippen molar-refractivity contribution in [3.63, 3.8) is 0 Å². The van der Waals surface area contributed by atoms with Gasteiger partial charge >= 0.3 is 0 Å². The molecule has 0 spiro atoms. The van der Waals surface area contributed by atoms with Gasteiger partial charge in [-0.25, -0.2) is 0 Å². The average Bonchev–Trinajstić information content (AvgIpc) is 2.48. The molecular formula is C15H17NO3. The number of aromatic nitrogens is 1. The van der Waals surface area contributed by atoms with Gasteiger partial charge in [-0.3, -0.25) is 4.98 Å². The van der Waals surface area contributed by atoms with Gasteiger partial charge in [0.25, 0.3) is 0 Å². The van der Waals surface area contributed by atoms with Crippen LogP contribution in [0.2, 0.25) is 0 Å². The second-order valence-electron chi connectivity index (χ2n) is 4.25. The van der Waals surface area contributed by atoms with E-state index >= 15 is 0 Å². The van der Waals surface area contributed by atoms with E-state index in [0.717, 1.165) is 5.56 Å². The zero-order chi connectivity index (χ0) is 13.7. The lowest BCUT2D eigenvalue weighted by Crippen LogP contribution is -1.98. The van der Waals surface area contributed by atoms with Gasteiger partial charge in [0, 0.05) is 0 Å². The normalized spacial score (nSPS) is 12.2. The second-order valence-corrected chi connectivity index (χ2v) is 4.25. The maximum absolute atomic E-state index is 9.64. The highest BCUT2D eigenvalue weighted by Crippen LogP contribution is 2.22. The van der Waals surface area contributed by atoms with E-state index in [2.05, 4.69) is 4.98 Å². The van der Waals surface area contributed by atoms with Crippen molar-refractivity contribution in [3.8, 4) is 11.5 Å². The smallest absolute Gasteiger partial charge is 0.145 e. The Labute approximate surface area is 112 Å². The Hall–Kier alpha value is -1.91. The van der Waals surface area contributed by atoms with Gasteiger partial charge in [-0.05, 0) is 36.2 Å². The first-order chi connectivity index (χ1) is 9.22. The van der Waals surface area contributed by atoms with Crippen LogP contribution in [0.15, 0.2) is 42.6 Å². The summed E-state index contributed by atoms with van der Waals surface area (Å²) in [5.41, 5.74) is 1.48. The molecule has 100 valence electrons. The van der Waals surface area contributed by atoms with Crippen molar-refractivity contribution in [3.05, 3.63) is 53.9 Å². The molecule has 1 aromatic carbocycles. The molecule has 0 unspecified atom stereocenters. The Morgan fingerprint density at radius 1 is 1.11 bits per heavy atom. The second kappa shape index (κ2) is 6.31. The van der Waals surface area contributed by atoms with Gasteiger partial charge in [0.2, 0.25) is 0 Å². The lowest BCUT2D eigenvalue weighted by Gasteiger charge is -2.09. The molecule has 0 aliphatic heterocycles. The number of rotatable bonds is 5. The number of pyridine rings is 1. The van der Waals surface area contributed by atoms with E-state index in [4.69, 9.17) is 9.84 Å². The van der Waals surface area contributed by atoms with Crippen LogP contribution in [-0.2, 0) is 6.61 Å². The van der Waals surface area contributed by atoms with Crippen LogP contribution in [0, 0.1) is 0 Å². The minimum atomic E-state index is -0.530. The van der Waals surface area contributed by atoms with Gasteiger partial charge in [0.05, 0.1) is 24.6 Å². The minimum absolute atomic E-state index is 0.0193. The zero-order valence-corrected chi connectivity index (χ0v) is 10.8. The largest absolute Gasteiger partial charge is 0.456 e. The molecule has 0 aliphatic rings. The number of aliphatic hydroxyl groups excluding tert-OH is 2. The maximum atomic E-state index is 9.64. The van der Waals surface area contributed by atoms with E-state index in [-0.39, 0.29) is 6.61 Å². The van der Waals surface area contributed by atoms with Crippen LogP contribution < -0.4 is 4.74 Å². The van der Waals surface area contributed by atoms with E-state index in [9.17, 15) is 5.11 Å². The molecule has 1 aromatic heterocycles. The quantitative estimate of drug-likeness (QED) is 0.866. The van der Waals surface area contributed by atoms with Gasteiger partial charge in [-0.2, -0.15) is 0 Å². The van der Waals surface area contributed by atoms with Crippen molar-refractivity contribution in [2.24, 2.45) is 0 Å². The highest BCUT2D eigenvalue weighted by molar-refractivity contribution is 5.32. The van der Waals surface area contributed by atoms with Crippen molar-refractivity contribution >= 4 is 0 Å². The third-order valence-corrected chi connectivity index (χ3v) is 2.83. The summed E-state index contributed by atoms with van der Waals surface area (Å²) < 4.78 is 5.62. The van der Waals surface area contributed by atoms with Gasteiger partial charge in [-0.1, -0.05) is 19.1 Å². The Kier molecular flexibility index (Phi) is 4.49. The lowest BCUT2D eigenvalue weighted by molar-refractivity contribution is 0.169. The molecule has 1 atom stereocenters. The molecule has 2 rings (SSSR count). The van der Waals surface area contributed by atoms with Gasteiger partial charge in [0.1, 0.15) is 11.5 Å². The highest BCUT2D eigenvalue weighted by atomic mass is 16.5. The summed E-state index contributed by atoms with van der Waals surface area (Å²) in [7, 11) is 0. The monoisotopic (exact) mass is 259 g/mol. The van der Waals surface area contributed by atoms with Crippen LogP contribution in [-0.4, -0.2) is 15.2 Å². The Morgan fingerprint density at radius 3 is 2.32 bits per heavy atom. The predicted octanol–water partition coefficient (Wildman–Crippen LogP) is 2.81. The van der Waals surface area contributed by atoms with Gasteiger partial charge in [0.15, 0.2) is 0 Å². The number of hydrogen-bond acceptors (Lipinski definition) is 4. The van der Waals surface area contributed by atoms with E-state index in [0.29, 0.717) is 23.6 Å². The van der Waals surface area contributed by atoms with Crippen LogP contribution in [0.1, 0.15) is 30.7 Å². The van der Waals surface area contributed by atoms with Crippen LogP contribution in [0.3, 0.4) is 0 Å². The molecule has 0 radical (unpaired) electrons. The summed E-state index contributed by atoms with van der Waals surface area (Å²) in [6, 6.07) is 10.7. The Bertz CT molecular complexity index is 508. The average molecular weight is 259 g/mol. The number of aliphatic hydroxyl groups is 2. The number of nitrogens with zero attached hydrogens (tertiary/aromatic N) is 1. The SMILES string of the molecule is CC[C@H](O)c1ccc(Oc2ccc(CO)cc2)cn1. The van der Waals surface area contributed by atoms with Crippen molar-refractivity contribution in [2.45, 2.75) is 26.1 Å². The third kappa shape index (κ3) is 3.53. The number of hydrogen-bond donors (Lipinski definition) is 2. The minimum Gasteiger partial charge on any atom is -0.456 e. The molecule has 0 fully saturated rings. The molecule has 19 heavy (non-hydrogen) atoms.